The highest BCUT2D eigenvalue weighted by atomic mass is 35.5. The number of nitrogens with zero attached hydrogens (tertiary/aromatic N) is 2. The number of rotatable bonds is 6. The molecule has 96 valence electrons. The molecular formula is C10H16ClN3O2S. The van der Waals surface area contributed by atoms with Gasteiger partial charge in [0.25, 0.3) is 5.56 Å². The zero-order valence-corrected chi connectivity index (χ0v) is 11.5. The van der Waals surface area contributed by atoms with Crippen LogP contribution in [0.15, 0.2) is 11.0 Å². The van der Waals surface area contributed by atoms with Gasteiger partial charge in [-0.25, -0.2) is 4.68 Å². The Morgan fingerprint density at radius 3 is 2.88 bits per heavy atom. The fourth-order valence-electron chi connectivity index (χ4n) is 1.31. The standard InChI is InChI=1S/C10H16ClN3O2S/c1-3-14-10(15)9(11)8(7-13-14)12-5-4-6-17(2)16/h7,12H,3-6H2,1-2H3. The van der Waals surface area contributed by atoms with Crippen molar-refractivity contribution in [2.45, 2.75) is 19.9 Å². The smallest absolute Gasteiger partial charge is 0.287 e. The second-order valence-electron chi connectivity index (χ2n) is 3.55. The molecule has 7 heteroatoms. The summed E-state index contributed by atoms with van der Waals surface area (Å²) >= 11 is 5.92. The molecule has 0 spiro atoms. The number of halogens is 1. The van der Waals surface area contributed by atoms with E-state index in [1.807, 2.05) is 6.92 Å². The van der Waals surface area contributed by atoms with Crippen LogP contribution in [0.2, 0.25) is 5.02 Å². The van der Waals surface area contributed by atoms with E-state index >= 15 is 0 Å². The molecule has 1 unspecified atom stereocenters. The van der Waals surface area contributed by atoms with Gasteiger partial charge in [-0.15, -0.1) is 0 Å². The number of anilines is 1. The summed E-state index contributed by atoms with van der Waals surface area (Å²) in [5.41, 5.74) is 0.237. The molecular weight excluding hydrogens is 262 g/mol. The summed E-state index contributed by atoms with van der Waals surface area (Å²) in [5, 5.41) is 7.14. The Hall–Kier alpha value is -0.880. The van der Waals surface area contributed by atoms with E-state index in [9.17, 15) is 9.00 Å². The number of hydrogen-bond donors (Lipinski definition) is 1. The lowest BCUT2D eigenvalue weighted by atomic mass is 10.4. The summed E-state index contributed by atoms with van der Waals surface area (Å²) in [6.07, 6.45) is 3.96. The number of hydrogen-bond acceptors (Lipinski definition) is 4. The SMILES string of the molecule is CCn1ncc(NCCCS(C)=O)c(Cl)c1=O. The Labute approximate surface area is 108 Å². The molecule has 0 radical (unpaired) electrons. The van der Waals surface area contributed by atoms with Crippen molar-refractivity contribution in [3.63, 3.8) is 0 Å². The molecule has 0 aromatic carbocycles. The molecule has 0 saturated carbocycles. The third-order valence-electron chi connectivity index (χ3n) is 2.21. The van der Waals surface area contributed by atoms with E-state index in [1.165, 1.54) is 10.9 Å². The van der Waals surface area contributed by atoms with Crippen LogP contribution >= 0.6 is 11.6 Å². The summed E-state index contributed by atoms with van der Waals surface area (Å²) in [7, 11) is -0.793. The molecule has 0 aliphatic rings. The third-order valence-corrected chi connectivity index (χ3v) is 3.44. The molecule has 0 saturated heterocycles. The first-order valence-electron chi connectivity index (χ1n) is 5.35. The molecule has 0 aliphatic heterocycles. The summed E-state index contributed by atoms with van der Waals surface area (Å²) < 4.78 is 12.2. The molecule has 5 nitrogen and oxygen atoms in total. The summed E-state index contributed by atoms with van der Waals surface area (Å²) in [6, 6.07) is 0. The molecule has 0 amide bonds. The Bertz CT molecular complexity index is 461. The molecule has 1 heterocycles. The first-order valence-corrected chi connectivity index (χ1v) is 7.46. The van der Waals surface area contributed by atoms with Gasteiger partial charge in [-0.2, -0.15) is 5.10 Å². The van der Waals surface area contributed by atoms with Gasteiger partial charge in [-0.3, -0.25) is 9.00 Å². The van der Waals surface area contributed by atoms with Gasteiger partial charge in [0.05, 0.1) is 11.9 Å². The third kappa shape index (κ3) is 4.12. The van der Waals surface area contributed by atoms with Crippen LogP contribution in [0.25, 0.3) is 0 Å². The largest absolute Gasteiger partial charge is 0.382 e. The lowest BCUT2D eigenvalue weighted by Gasteiger charge is -2.08. The van der Waals surface area contributed by atoms with Crippen molar-refractivity contribution in [3.8, 4) is 0 Å². The molecule has 0 bridgehead atoms. The average molecular weight is 278 g/mol. The lowest BCUT2D eigenvalue weighted by Crippen LogP contribution is -2.23. The normalized spacial score (nSPS) is 12.4. The fourth-order valence-corrected chi connectivity index (χ4v) is 2.08. The number of aryl methyl sites for hydroxylation is 1. The maximum absolute atomic E-state index is 11.6. The second kappa shape index (κ2) is 6.76. The molecule has 1 aromatic heterocycles. The maximum Gasteiger partial charge on any atom is 0.287 e. The number of aromatic nitrogens is 2. The fraction of sp³-hybridized carbons (Fsp3) is 0.600. The van der Waals surface area contributed by atoms with Crippen LogP contribution < -0.4 is 10.9 Å². The van der Waals surface area contributed by atoms with E-state index in [-0.39, 0.29) is 10.6 Å². The van der Waals surface area contributed by atoms with Crippen molar-refractivity contribution < 1.29 is 4.21 Å². The summed E-state index contributed by atoms with van der Waals surface area (Å²) in [5.74, 6) is 0.629. The zero-order valence-electron chi connectivity index (χ0n) is 9.90. The average Bonchev–Trinajstić information content (AvgIpc) is 2.29. The van der Waals surface area contributed by atoms with E-state index in [0.717, 1.165) is 6.42 Å². The highest BCUT2D eigenvalue weighted by molar-refractivity contribution is 7.84. The van der Waals surface area contributed by atoms with Crippen molar-refractivity contribution in [2.75, 3.05) is 23.9 Å². The molecule has 1 rings (SSSR count). The first kappa shape index (κ1) is 14.2. The van der Waals surface area contributed by atoms with Crippen molar-refractivity contribution in [1.82, 2.24) is 9.78 Å². The van der Waals surface area contributed by atoms with Crippen molar-refractivity contribution in [1.29, 1.82) is 0 Å². The zero-order chi connectivity index (χ0) is 12.8. The number of nitrogens with one attached hydrogen (secondary N) is 1. The summed E-state index contributed by atoms with van der Waals surface area (Å²) in [6.45, 7) is 2.94. The topological polar surface area (TPSA) is 64.0 Å². The van der Waals surface area contributed by atoms with Gasteiger partial charge in [-0.1, -0.05) is 11.6 Å². The van der Waals surface area contributed by atoms with Crippen LogP contribution in [0.4, 0.5) is 5.69 Å². The predicted molar refractivity (Wildman–Crippen MR) is 71.2 cm³/mol. The van der Waals surface area contributed by atoms with Gasteiger partial charge < -0.3 is 5.32 Å². The Morgan fingerprint density at radius 2 is 2.29 bits per heavy atom. The van der Waals surface area contributed by atoms with Crippen LogP contribution in [0.1, 0.15) is 13.3 Å². The van der Waals surface area contributed by atoms with Gasteiger partial charge in [0.15, 0.2) is 0 Å². The Morgan fingerprint density at radius 1 is 1.59 bits per heavy atom. The van der Waals surface area contributed by atoms with Crippen LogP contribution in [0.3, 0.4) is 0 Å². The Kier molecular flexibility index (Phi) is 5.64. The van der Waals surface area contributed by atoms with E-state index < -0.39 is 10.8 Å². The van der Waals surface area contributed by atoms with Crippen LogP contribution in [-0.2, 0) is 17.3 Å². The highest BCUT2D eigenvalue weighted by Crippen LogP contribution is 2.14. The lowest BCUT2D eigenvalue weighted by molar-refractivity contribution is 0.616. The van der Waals surface area contributed by atoms with Gasteiger partial charge in [0.2, 0.25) is 0 Å². The second-order valence-corrected chi connectivity index (χ2v) is 5.48. The van der Waals surface area contributed by atoms with E-state index in [2.05, 4.69) is 10.4 Å². The van der Waals surface area contributed by atoms with E-state index in [0.29, 0.717) is 24.5 Å². The van der Waals surface area contributed by atoms with Crippen LogP contribution in [-0.4, -0.2) is 32.5 Å². The van der Waals surface area contributed by atoms with E-state index in [4.69, 9.17) is 11.6 Å². The quantitative estimate of drug-likeness (QED) is 0.791. The van der Waals surface area contributed by atoms with Gasteiger partial charge in [0.1, 0.15) is 5.02 Å². The van der Waals surface area contributed by atoms with Crippen molar-refractivity contribution in [3.05, 3.63) is 21.6 Å². The summed E-state index contributed by atoms with van der Waals surface area (Å²) in [4.78, 5) is 11.6. The highest BCUT2D eigenvalue weighted by Gasteiger charge is 2.07. The minimum Gasteiger partial charge on any atom is -0.382 e. The minimum absolute atomic E-state index is 0.152. The van der Waals surface area contributed by atoms with Crippen LogP contribution in [0, 0.1) is 0 Å². The molecule has 0 aliphatic carbocycles. The monoisotopic (exact) mass is 277 g/mol. The van der Waals surface area contributed by atoms with Crippen molar-refractivity contribution in [2.24, 2.45) is 0 Å². The predicted octanol–water partition coefficient (Wildman–Crippen LogP) is 1.10. The van der Waals surface area contributed by atoms with E-state index in [1.54, 1.807) is 6.26 Å². The van der Waals surface area contributed by atoms with Gasteiger partial charge in [-0.05, 0) is 13.3 Å². The first-order chi connectivity index (χ1) is 8.06. The molecule has 1 aromatic rings. The molecule has 17 heavy (non-hydrogen) atoms. The van der Waals surface area contributed by atoms with Gasteiger partial charge >= 0.3 is 0 Å². The van der Waals surface area contributed by atoms with Crippen molar-refractivity contribution >= 4 is 28.1 Å². The molecule has 1 atom stereocenters. The minimum atomic E-state index is -0.793. The van der Waals surface area contributed by atoms with Gasteiger partial charge in [0, 0.05) is 35.9 Å². The maximum atomic E-state index is 11.6. The molecule has 0 fully saturated rings. The molecule has 1 N–H and O–H groups in total. The van der Waals surface area contributed by atoms with Crippen LogP contribution in [0.5, 0.6) is 0 Å². The Balaban J connectivity index is 2.63.